The highest BCUT2D eigenvalue weighted by Crippen LogP contribution is 2.52. The number of hydrogen-bond acceptors (Lipinski definition) is 0. The summed E-state index contributed by atoms with van der Waals surface area (Å²) in [4.78, 5) is 0. The predicted octanol–water partition coefficient (Wildman–Crippen LogP) is 3.25. The van der Waals surface area contributed by atoms with Crippen LogP contribution >= 0.6 is 27.6 Å². The highest BCUT2D eigenvalue weighted by atomic mass is 127. The van der Waals surface area contributed by atoms with E-state index in [9.17, 15) is 0 Å². The van der Waals surface area contributed by atoms with Crippen LogP contribution in [0, 0.1) is 0 Å². The molecule has 0 nitrogen and oxygen atoms in total. The van der Waals surface area contributed by atoms with Gasteiger partial charge in [0, 0.05) is 0 Å². The highest BCUT2D eigenvalue weighted by molar-refractivity contribution is 14.2. The SMILES string of the molecule is CP(I)C(C)(C)C. The fourth-order valence-corrected chi connectivity index (χ4v) is 0. The smallest absolute Gasteiger partial charge is 0.00916 e. The van der Waals surface area contributed by atoms with E-state index in [-0.39, 0.29) is 5.56 Å². The molecule has 0 amide bonds. The maximum atomic E-state index is 2.51. The summed E-state index contributed by atoms with van der Waals surface area (Å²) in [6, 6.07) is 0. The van der Waals surface area contributed by atoms with Crippen LogP contribution in [-0.4, -0.2) is 11.8 Å². The molecule has 7 heavy (non-hydrogen) atoms. The van der Waals surface area contributed by atoms with Crippen LogP contribution in [-0.2, 0) is 0 Å². The van der Waals surface area contributed by atoms with Crippen LogP contribution in [0.15, 0.2) is 0 Å². The third kappa shape index (κ3) is 3.72. The van der Waals surface area contributed by atoms with Crippen LogP contribution in [0.25, 0.3) is 0 Å². The minimum atomic E-state index is 0.228. The van der Waals surface area contributed by atoms with Crippen LogP contribution in [0.1, 0.15) is 20.8 Å². The van der Waals surface area contributed by atoms with Gasteiger partial charge in [-0.3, -0.25) is 0 Å². The Morgan fingerprint density at radius 3 is 1.43 bits per heavy atom. The maximum Gasteiger partial charge on any atom is -0.00916 e. The molecule has 2 heteroatoms. The van der Waals surface area contributed by atoms with Crippen LogP contribution in [0.3, 0.4) is 0 Å². The molecule has 0 heterocycles. The lowest BCUT2D eigenvalue weighted by Gasteiger charge is -2.21. The summed E-state index contributed by atoms with van der Waals surface area (Å²) in [5.41, 5.74) is 0.228. The third-order valence-corrected chi connectivity index (χ3v) is 7.11. The van der Waals surface area contributed by atoms with Gasteiger partial charge in [-0.05, 0) is 17.4 Å². The van der Waals surface area contributed by atoms with Crippen molar-refractivity contribution in [1.29, 1.82) is 0 Å². The number of hydrogen-bond donors (Lipinski definition) is 0. The first-order valence-electron chi connectivity index (χ1n) is 2.34. The average Bonchev–Trinajstić information content (AvgIpc) is 1.31. The van der Waals surface area contributed by atoms with E-state index in [4.69, 9.17) is 0 Å². The van der Waals surface area contributed by atoms with Crippen LogP contribution in [0.4, 0.5) is 0 Å². The molecular weight excluding hydrogens is 218 g/mol. The van der Waals surface area contributed by atoms with E-state index >= 15 is 0 Å². The monoisotopic (exact) mass is 230 g/mol. The topological polar surface area (TPSA) is 0 Å². The molecule has 0 radical (unpaired) electrons. The molecule has 0 bridgehead atoms. The van der Waals surface area contributed by atoms with E-state index in [0.29, 0.717) is 5.16 Å². The van der Waals surface area contributed by atoms with Gasteiger partial charge in [-0.25, -0.2) is 0 Å². The Bertz CT molecular complexity index is 53.6. The second-order valence-electron chi connectivity index (χ2n) is 2.65. The zero-order valence-electron chi connectivity index (χ0n) is 5.33. The van der Waals surface area contributed by atoms with Gasteiger partial charge < -0.3 is 0 Å². The largest absolute Gasteiger partial charge is 0.0555 e. The van der Waals surface area contributed by atoms with Gasteiger partial charge in [0.05, 0.1) is 0 Å². The van der Waals surface area contributed by atoms with E-state index in [1.165, 1.54) is 0 Å². The molecular formula is C5H12IP. The molecule has 0 aliphatic heterocycles. The van der Waals surface area contributed by atoms with Crippen molar-refractivity contribution in [2.75, 3.05) is 6.66 Å². The highest BCUT2D eigenvalue weighted by Gasteiger charge is 2.15. The first-order chi connectivity index (χ1) is 2.94. The molecule has 0 aromatic carbocycles. The Balaban J connectivity index is 3.54. The van der Waals surface area contributed by atoms with Crippen LogP contribution in [0.2, 0.25) is 0 Å². The standard InChI is InChI=1S/C5H12IP/c1-5(2,3)7(4)6/h1-4H3. The Morgan fingerprint density at radius 1 is 1.29 bits per heavy atom. The van der Waals surface area contributed by atoms with E-state index < -0.39 is 0 Å². The van der Waals surface area contributed by atoms with Crippen molar-refractivity contribution in [3.63, 3.8) is 0 Å². The lowest BCUT2D eigenvalue weighted by atomic mass is 10.3. The summed E-state index contributed by atoms with van der Waals surface area (Å²) >= 11 is 2.51. The molecule has 1 unspecified atom stereocenters. The molecule has 0 saturated carbocycles. The van der Waals surface area contributed by atoms with Gasteiger partial charge >= 0.3 is 0 Å². The van der Waals surface area contributed by atoms with E-state index in [0.717, 1.165) is 0 Å². The molecule has 0 rings (SSSR count). The lowest BCUT2D eigenvalue weighted by molar-refractivity contribution is 0.796. The molecule has 0 aliphatic rings. The average molecular weight is 230 g/mol. The molecule has 0 aliphatic carbocycles. The Hall–Kier alpha value is 1.16. The summed E-state index contributed by atoms with van der Waals surface area (Å²) in [6.07, 6.45) is 0. The van der Waals surface area contributed by atoms with E-state index in [1.807, 2.05) is 0 Å². The lowest BCUT2D eigenvalue weighted by Crippen LogP contribution is -2.06. The van der Waals surface area contributed by atoms with Crippen molar-refractivity contribution in [2.45, 2.75) is 25.9 Å². The zero-order valence-corrected chi connectivity index (χ0v) is 8.38. The van der Waals surface area contributed by atoms with Gasteiger partial charge in [0.1, 0.15) is 0 Å². The van der Waals surface area contributed by atoms with Crippen LogP contribution < -0.4 is 0 Å². The molecule has 44 valence electrons. The minimum Gasteiger partial charge on any atom is -0.0555 e. The van der Waals surface area contributed by atoms with Crippen molar-refractivity contribution in [1.82, 2.24) is 0 Å². The van der Waals surface area contributed by atoms with Gasteiger partial charge in [0.2, 0.25) is 0 Å². The minimum absolute atomic E-state index is 0.228. The van der Waals surface area contributed by atoms with Crippen molar-refractivity contribution in [3.8, 4) is 0 Å². The Morgan fingerprint density at radius 2 is 1.43 bits per heavy atom. The van der Waals surface area contributed by atoms with Gasteiger partial charge in [-0.15, -0.1) is 0 Å². The van der Waals surface area contributed by atoms with E-state index in [2.05, 4.69) is 49.5 Å². The molecule has 0 fully saturated rings. The third-order valence-electron chi connectivity index (χ3n) is 0.924. The molecule has 0 N–H and O–H groups in total. The maximum absolute atomic E-state index is 2.51. The summed E-state index contributed by atoms with van der Waals surface area (Å²) in [6.45, 7) is 9.15. The normalized spacial score (nSPS) is 16.7. The van der Waals surface area contributed by atoms with Gasteiger partial charge in [0.25, 0.3) is 0 Å². The second-order valence-corrected chi connectivity index (χ2v) is 9.29. The van der Waals surface area contributed by atoms with Crippen molar-refractivity contribution in [2.24, 2.45) is 0 Å². The summed E-state index contributed by atoms with van der Waals surface area (Å²) in [5.74, 6) is 0. The van der Waals surface area contributed by atoms with Crippen molar-refractivity contribution < 1.29 is 0 Å². The van der Waals surface area contributed by atoms with E-state index in [1.54, 1.807) is 0 Å². The molecule has 0 aromatic heterocycles. The van der Waals surface area contributed by atoms with Gasteiger partial charge in [-0.1, -0.05) is 42.8 Å². The Labute approximate surface area is 60.3 Å². The molecule has 0 saturated heterocycles. The predicted molar refractivity (Wildman–Crippen MR) is 46.6 cm³/mol. The van der Waals surface area contributed by atoms with Crippen molar-refractivity contribution >= 4 is 27.6 Å². The van der Waals surface area contributed by atoms with Crippen molar-refractivity contribution in [3.05, 3.63) is 0 Å². The first-order valence-corrected chi connectivity index (χ1v) is 6.91. The molecule has 0 aromatic rings. The first kappa shape index (κ1) is 8.16. The fraction of sp³-hybridized carbons (Fsp3) is 1.00. The van der Waals surface area contributed by atoms with Crippen LogP contribution in [0.5, 0.6) is 0 Å². The number of halogens is 1. The Kier molecular flexibility index (Phi) is 3.07. The number of rotatable bonds is 0. The summed E-state index contributed by atoms with van der Waals surface area (Å²) in [7, 11) is 0. The zero-order chi connectivity index (χ0) is 6.08. The quantitative estimate of drug-likeness (QED) is 0.442. The summed E-state index contributed by atoms with van der Waals surface area (Å²) < 4.78 is 0. The van der Waals surface area contributed by atoms with Gasteiger partial charge in [-0.2, -0.15) is 0 Å². The summed E-state index contributed by atoms with van der Waals surface area (Å²) in [5, 5.41) is 0.551. The molecule has 1 atom stereocenters. The fourth-order valence-electron chi connectivity index (χ4n) is 0. The second kappa shape index (κ2) is 2.63. The van der Waals surface area contributed by atoms with Gasteiger partial charge in [0.15, 0.2) is 0 Å². The molecule has 0 spiro atoms.